The summed E-state index contributed by atoms with van der Waals surface area (Å²) in [4.78, 5) is 0. The van der Waals surface area contributed by atoms with E-state index in [2.05, 4.69) is 9.44 Å². The van der Waals surface area contributed by atoms with Gasteiger partial charge in [-0.1, -0.05) is 26.7 Å². The van der Waals surface area contributed by atoms with Crippen LogP contribution in [0.25, 0.3) is 0 Å². The van der Waals surface area contributed by atoms with Crippen molar-refractivity contribution >= 4 is 10.2 Å². The van der Waals surface area contributed by atoms with Gasteiger partial charge in [-0.25, -0.2) is 9.44 Å². The Bertz CT molecular complexity index is 322. The van der Waals surface area contributed by atoms with Crippen LogP contribution in [0.4, 0.5) is 0 Å². The summed E-state index contributed by atoms with van der Waals surface area (Å²) in [5, 5.41) is 0. The molecular formula is C11H25N3O2S. The van der Waals surface area contributed by atoms with Crippen molar-refractivity contribution in [1.82, 2.24) is 9.44 Å². The summed E-state index contributed by atoms with van der Waals surface area (Å²) >= 11 is 0. The van der Waals surface area contributed by atoms with Gasteiger partial charge in [-0.05, 0) is 30.7 Å². The van der Waals surface area contributed by atoms with Crippen molar-refractivity contribution in [3.63, 3.8) is 0 Å². The quantitative estimate of drug-likeness (QED) is 0.628. The van der Waals surface area contributed by atoms with Crippen LogP contribution in [0.15, 0.2) is 0 Å². The number of rotatable bonds is 7. The van der Waals surface area contributed by atoms with E-state index in [1.54, 1.807) is 0 Å². The molecule has 1 aliphatic carbocycles. The first-order valence-electron chi connectivity index (χ1n) is 6.33. The van der Waals surface area contributed by atoms with E-state index in [9.17, 15) is 8.42 Å². The average Bonchev–Trinajstić information content (AvgIpc) is 2.74. The van der Waals surface area contributed by atoms with Gasteiger partial charge in [0.15, 0.2) is 0 Å². The molecule has 0 amide bonds. The van der Waals surface area contributed by atoms with Crippen LogP contribution >= 0.6 is 0 Å². The third kappa shape index (κ3) is 4.91. The zero-order valence-electron chi connectivity index (χ0n) is 10.8. The molecule has 1 fully saturated rings. The van der Waals surface area contributed by atoms with Crippen molar-refractivity contribution in [1.29, 1.82) is 0 Å². The minimum absolute atomic E-state index is 0.0212. The Morgan fingerprint density at radius 2 is 1.82 bits per heavy atom. The van der Waals surface area contributed by atoms with Gasteiger partial charge >= 0.3 is 0 Å². The van der Waals surface area contributed by atoms with Crippen LogP contribution in [-0.4, -0.2) is 28.1 Å². The van der Waals surface area contributed by atoms with E-state index in [-0.39, 0.29) is 5.41 Å². The molecule has 1 rings (SSSR count). The molecule has 5 nitrogen and oxygen atoms in total. The van der Waals surface area contributed by atoms with E-state index in [1.165, 1.54) is 0 Å². The maximum absolute atomic E-state index is 11.7. The molecule has 0 saturated heterocycles. The average molecular weight is 263 g/mol. The first-order chi connectivity index (χ1) is 7.89. The molecule has 0 radical (unpaired) electrons. The summed E-state index contributed by atoms with van der Waals surface area (Å²) in [6.45, 7) is 5.42. The number of hydrogen-bond acceptors (Lipinski definition) is 3. The zero-order valence-corrected chi connectivity index (χ0v) is 11.6. The molecule has 0 spiro atoms. The van der Waals surface area contributed by atoms with Crippen LogP contribution in [-0.2, 0) is 10.2 Å². The van der Waals surface area contributed by atoms with E-state index in [1.807, 2.05) is 13.8 Å². The van der Waals surface area contributed by atoms with Crippen LogP contribution in [0, 0.1) is 11.3 Å². The van der Waals surface area contributed by atoms with E-state index in [0.717, 1.165) is 25.7 Å². The molecule has 0 atom stereocenters. The second-order valence-electron chi connectivity index (χ2n) is 5.48. The molecule has 1 aliphatic rings. The fourth-order valence-electron chi connectivity index (χ4n) is 2.15. The third-order valence-electron chi connectivity index (χ3n) is 3.42. The lowest BCUT2D eigenvalue weighted by atomic mass is 9.87. The van der Waals surface area contributed by atoms with Crippen LogP contribution < -0.4 is 15.2 Å². The summed E-state index contributed by atoms with van der Waals surface area (Å²) in [5.41, 5.74) is 5.74. The second kappa shape index (κ2) is 6.13. The van der Waals surface area contributed by atoms with Crippen molar-refractivity contribution in [2.24, 2.45) is 17.1 Å². The third-order valence-corrected chi connectivity index (χ3v) is 4.49. The van der Waals surface area contributed by atoms with E-state index >= 15 is 0 Å². The minimum Gasteiger partial charge on any atom is -0.330 e. The topological polar surface area (TPSA) is 84.2 Å². The number of hydrogen-bond donors (Lipinski definition) is 3. The van der Waals surface area contributed by atoms with Gasteiger partial charge in [-0.3, -0.25) is 0 Å². The normalized spacial score (nSPS) is 20.0. The van der Waals surface area contributed by atoms with E-state index in [4.69, 9.17) is 5.73 Å². The molecule has 0 aromatic heterocycles. The standard InChI is InChI=1S/C11H25N3O2S/c1-10(2)7-13-17(15,16)14-9-11(8-12)5-3-4-6-11/h10,13-14H,3-9,12H2,1-2H3. The lowest BCUT2D eigenvalue weighted by Crippen LogP contribution is -2.45. The number of nitrogens with two attached hydrogens (primary N) is 1. The molecule has 4 N–H and O–H groups in total. The van der Waals surface area contributed by atoms with Crippen LogP contribution in [0.2, 0.25) is 0 Å². The monoisotopic (exact) mass is 263 g/mol. The SMILES string of the molecule is CC(C)CNS(=O)(=O)NCC1(CN)CCCC1. The van der Waals surface area contributed by atoms with Gasteiger partial charge in [-0.2, -0.15) is 8.42 Å². The Kier molecular flexibility index (Phi) is 5.37. The van der Waals surface area contributed by atoms with E-state index in [0.29, 0.717) is 25.6 Å². The summed E-state index contributed by atoms with van der Waals surface area (Å²) < 4.78 is 28.5. The highest BCUT2D eigenvalue weighted by Crippen LogP contribution is 2.36. The van der Waals surface area contributed by atoms with Gasteiger partial charge < -0.3 is 5.73 Å². The Balaban J connectivity index is 2.43. The van der Waals surface area contributed by atoms with Crippen molar-refractivity contribution < 1.29 is 8.42 Å². The molecule has 1 saturated carbocycles. The fourth-order valence-corrected chi connectivity index (χ4v) is 3.30. The summed E-state index contributed by atoms with van der Waals surface area (Å²) in [6.07, 6.45) is 4.35. The molecule has 0 aromatic carbocycles. The molecule has 102 valence electrons. The van der Waals surface area contributed by atoms with Crippen LogP contribution in [0.5, 0.6) is 0 Å². The van der Waals surface area contributed by atoms with Gasteiger partial charge in [0, 0.05) is 13.1 Å². The van der Waals surface area contributed by atoms with Crippen molar-refractivity contribution in [2.45, 2.75) is 39.5 Å². The highest BCUT2D eigenvalue weighted by Gasteiger charge is 2.33. The number of nitrogens with one attached hydrogen (secondary N) is 2. The molecule has 0 aliphatic heterocycles. The lowest BCUT2D eigenvalue weighted by Gasteiger charge is -2.27. The first kappa shape index (κ1) is 14.9. The van der Waals surface area contributed by atoms with Gasteiger partial charge in [0.2, 0.25) is 0 Å². The van der Waals surface area contributed by atoms with Crippen LogP contribution in [0.1, 0.15) is 39.5 Å². The Labute approximate surface area is 105 Å². The predicted molar refractivity (Wildman–Crippen MR) is 69.7 cm³/mol. The Morgan fingerprint density at radius 1 is 1.24 bits per heavy atom. The molecule has 17 heavy (non-hydrogen) atoms. The second-order valence-corrected chi connectivity index (χ2v) is 7.06. The highest BCUT2D eigenvalue weighted by molar-refractivity contribution is 7.87. The molecular weight excluding hydrogens is 238 g/mol. The summed E-state index contributed by atoms with van der Waals surface area (Å²) in [5.74, 6) is 0.307. The van der Waals surface area contributed by atoms with Crippen molar-refractivity contribution in [3.8, 4) is 0 Å². The maximum atomic E-state index is 11.7. The molecule has 0 bridgehead atoms. The van der Waals surface area contributed by atoms with Crippen molar-refractivity contribution in [3.05, 3.63) is 0 Å². The van der Waals surface area contributed by atoms with Gasteiger partial charge in [-0.15, -0.1) is 0 Å². The fraction of sp³-hybridized carbons (Fsp3) is 1.00. The van der Waals surface area contributed by atoms with Gasteiger partial charge in [0.05, 0.1) is 0 Å². The highest BCUT2D eigenvalue weighted by atomic mass is 32.2. The van der Waals surface area contributed by atoms with E-state index < -0.39 is 10.2 Å². The first-order valence-corrected chi connectivity index (χ1v) is 7.82. The predicted octanol–water partition coefficient (Wildman–Crippen LogP) is 0.586. The lowest BCUT2D eigenvalue weighted by molar-refractivity contribution is 0.308. The molecule has 6 heteroatoms. The largest absolute Gasteiger partial charge is 0.330 e. The summed E-state index contributed by atoms with van der Waals surface area (Å²) in [6, 6.07) is 0. The van der Waals surface area contributed by atoms with Gasteiger partial charge in [0.1, 0.15) is 0 Å². The molecule has 0 heterocycles. The molecule has 0 aromatic rings. The molecule has 0 unspecified atom stereocenters. The van der Waals surface area contributed by atoms with Crippen LogP contribution in [0.3, 0.4) is 0 Å². The minimum atomic E-state index is -3.37. The Morgan fingerprint density at radius 3 is 2.29 bits per heavy atom. The summed E-state index contributed by atoms with van der Waals surface area (Å²) in [7, 11) is -3.37. The smallest absolute Gasteiger partial charge is 0.276 e. The van der Waals surface area contributed by atoms with Gasteiger partial charge in [0.25, 0.3) is 10.2 Å². The zero-order chi connectivity index (χ0) is 12.9. The Hall–Kier alpha value is -0.170. The van der Waals surface area contributed by atoms with Crippen molar-refractivity contribution in [2.75, 3.05) is 19.6 Å². The maximum Gasteiger partial charge on any atom is 0.276 e.